The van der Waals surface area contributed by atoms with Gasteiger partial charge in [-0.15, -0.1) is 20.4 Å². The zero-order valence-corrected chi connectivity index (χ0v) is 23.4. The molecule has 2 amide bonds. The summed E-state index contributed by atoms with van der Waals surface area (Å²) in [4.78, 5) is 25.1. The van der Waals surface area contributed by atoms with Crippen molar-refractivity contribution in [1.82, 2.24) is 20.4 Å². The number of nitrogens with two attached hydrogens (primary N) is 1. The van der Waals surface area contributed by atoms with E-state index in [2.05, 4.69) is 31.0 Å². The first kappa shape index (κ1) is 27.0. The summed E-state index contributed by atoms with van der Waals surface area (Å²) in [5.74, 6) is 0.274. The standard InChI is InChI=1S/C28H31N7O2S2/c1-17-5-2-6-18(11-17)13-23(36)30-27-34-32-25(38-27)21-9-4-10-22(15-21)26-33-35-28(39-26)31-24(37)14-19-7-3-8-20(12-19)16-29/h2-3,5-8,11-12,21-22H,4,9-10,13-16,29H2,1H3,(H,30,34,36)(H,31,35,37)/t21-,22-/m0/s1. The molecule has 0 aliphatic heterocycles. The number of carbonyl (C=O) groups excluding carboxylic acids is 2. The fourth-order valence-corrected chi connectivity index (χ4v) is 6.74. The van der Waals surface area contributed by atoms with E-state index in [4.69, 9.17) is 5.73 Å². The zero-order valence-electron chi connectivity index (χ0n) is 21.7. The van der Waals surface area contributed by atoms with E-state index >= 15 is 0 Å². The number of aromatic nitrogens is 4. The molecule has 0 radical (unpaired) electrons. The van der Waals surface area contributed by atoms with Crippen LogP contribution in [-0.2, 0) is 29.0 Å². The number of anilines is 2. The second-order valence-corrected chi connectivity index (χ2v) is 11.9. The van der Waals surface area contributed by atoms with Crippen molar-refractivity contribution in [3.8, 4) is 0 Å². The van der Waals surface area contributed by atoms with E-state index in [1.807, 2.05) is 55.5 Å². The van der Waals surface area contributed by atoms with Crippen LogP contribution in [0.15, 0.2) is 48.5 Å². The second kappa shape index (κ2) is 12.5. The Kier molecular flexibility index (Phi) is 8.70. The molecule has 39 heavy (non-hydrogen) atoms. The maximum atomic E-state index is 12.6. The summed E-state index contributed by atoms with van der Waals surface area (Å²) >= 11 is 2.88. The van der Waals surface area contributed by atoms with Gasteiger partial charge in [-0.05, 0) is 42.9 Å². The molecule has 2 aromatic heterocycles. The van der Waals surface area contributed by atoms with Gasteiger partial charge < -0.3 is 16.4 Å². The number of nitrogens with zero attached hydrogens (tertiary/aromatic N) is 4. The monoisotopic (exact) mass is 561 g/mol. The molecule has 4 N–H and O–H groups in total. The molecule has 1 aliphatic carbocycles. The third-order valence-electron chi connectivity index (χ3n) is 6.79. The van der Waals surface area contributed by atoms with Gasteiger partial charge in [0.2, 0.25) is 22.1 Å². The van der Waals surface area contributed by atoms with Crippen molar-refractivity contribution in [1.29, 1.82) is 0 Å². The first-order valence-electron chi connectivity index (χ1n) is 13.0. The molecule has 4 aromatic rings. The Morgan fingerprint density at radius 3 is 1.92 bits per heavy atom. The van der Waals surface area contributed by atoms with Gasteiger partial charge in [0.05, 0.1) is 12.8 Å². The molecule has 1 fully saturated rings. The molecule has 0 saturated heterocycles. The summed E-state index contributed by atoms with van der Waals surface area (Å²) in [6.07, 6.45) is 4.53. The fourth-order valence-electron chi connectivity index (χ4n) is 4.92. The van der Waals surface area contributed by atoms with Gasteiger partial charge in [-0.2, -0.15) is 0 Å². The first-order valence-corrected chi connectivity index (χ1v) is 14.7. The van der Waals surface area contributed by atoms with E-state index in [9.17, 15) is 9.59 Å². The van der Waals surface area contributed by atoms with Crippen LogP contribution in [0.4, 0.5) is 10.3 Å². The lowest BCUT2D eigenvalue weighted by Gasteiger charge is -2.25. The van der Waals surface area contributed by atoms with E-state index in [1.54, 1.807) is 0 Å². The number of benzene rings is 2. The van der Waals surface area contributed by atoms with Gasteiger partial charge in [-0.3, -0.25) is 9.59 Å². The summed E-state index contributed by atoms with van der Waals surface area (Å²) in [6, 6.07) is 15.7. The number of aryl methyl sites for hydroxylation is 1. The number of hydrogen-bond acceptors (Lipinski definition) is 9. The van der Waals surface area contributed by atoms with Crippen LogP contribution in [0.25, 0.3) is 0 Å². The molecule has 9 nitrogen and oxygen atoms in total. The van der Waals surface area contributed by atoms with Crippen molar-refractivity contribution in [3.63, 3.8) is 0 Å². The molecule has 2 aromatic carbocycles. The van der Waals surface area contributed by atoms with Gasteiger partial charge in [0.15, 0.2) is 0 Å². The highest BCUT2D eigenvalue weighted by Gasteiger charge is 2.29. The Balaban J connectivity index is 1.15. The summed E-state index contributed by atoms with van der Waals surface area (Å²) in [5.41, 5.74) is 9.72. The average Bonchev–Trinajstić information content (AvgIpc) is 3.59. The first-order chi connectivity index (χ1) is 18.9. The highest BCUT2D eigenvalue weighted by atomic mass is 32.1. The molecule has 1 aliphatic rings. The third-order valence-corrected chi connectivity index (χ3v) is 8.79. The Labute approximate surface area is 235 Å². The quantitative estimate of drug-likeness (QED) is 0.263. The minimum atomic E-state index is -0.126. The number of rotatable bonds is 9. The molecular formula is C28H31N7O2S2. The molecule has 202 valence electrons. The molecular weight excluding hydrogens is 530 g/mol. The Bertz CT molecular complexity index is 1450. The van der Waals surface area contributed by atoms with Crippen LogP contribution in [0.1, 0.15) is 69.8 Å². The van der Waals surface area contributed by atoms with Gasteiger partial charge in [0, 0.05) is 18.4 Å². The highest BCUT2D eigenvalue weighted by Crippen LogP contribution is 2.43. The van der Waals surface area contributed by atoms with Crippen LogP contribution in [0.2, 0.25) is 0 Å². The van der Waals surface area contributed by atoms with Crippen LogP contribution < -0.4 is 16.4 Å². The molecule has 0 bridgehead atoms. The maximum Gasteiger partial charge on any atom is 0.230 e. The maximum absolute atomic E-state index is 12.6. The molecule has 2 atom stereocenters. The lowest BCUT2D eigenvalue weighted by molar-refractivity contribution is -0.116. The van der Waals surface area contributed by atoms with Gasteiger partial charge in [-0.1, -0.05) is 83.2 Å². The predicted molar refractivity (Wildman–Crippen MR) is 154 cm³/mol. The van der Waals surface area contributed by atoms with E-state index in [0.29, 0.717) is 23.2 Å². The van der Waals surface area contributed by atoms with Gasteiger partial charge >= 0.3 is 0 Å². The number of amides is 2. The molecule has 2 heterocycles. The summed E-state index contributed by atoms with van der Waals surface area (Å²) < 4.78 is 0. The topological polar surface area (TPSA) is 136 Å². The van der Waals surface area contributed by atoms with Crippen LogP contribution in [0.3, 0.4) is 0 Å². The van der Waals surface area contributed by atoms with Crippen LogP contribution in [0.5, 0.6) is 0 Å². The third kappa shape index (κ3) is 7.31. The van der Waals surface area contributed by atoms with Gasteiger partial charge in [0.25, 0.3) is 0 Å². The average molecular weight is 562 g/mol. The Morgan fingerprint density at radius 2 is 1.36 bits per heavy atom. The van der Waals surface area contributed by atoms with E-state index < -0.39 is 0 Å². The molecule has 0 spiro atoms. The van der Waals surface area contributed by atoms with Crippen molar-refractivity contribution < 1.29 is 9.59 Å². The van der Waals surface area contributed by atoms with Crippen LogP contribution in [-0.4, -0.2) is 32.2 Å². The normalized spacial score (nSPS) is 17.1. The zero-order chi connectivity index (χ0) is 27.2. The second-order valence-electron chi connectivity index (χ2n) is 9.91. The van der Waals surface area contributed by atoms with Crippen molar-refractivity contribution in [2.45, 2.75) is 63.8 Å². The summed E-state index contributed by atoms with van der Waals surface area (Å²) in [7, 11) is 0. The smallest absolute Gasteiger partial charge is 0.230 e. The van der Waals surface area contributed by atoms with Crippen LogP contribution in [0, 0.1) is 6.92 Å². The summed E-state index contributed by atoms with van der Waals surface area (Å²) in [6.45, 7) is 2.46. The number of hydrogen-bond donors (Lipinski definition) is 3. The minimum absolute atomic E-state index is 0.0969. The number of nitrogens with one attached hydrogen (secondary N) is 2. The largest absolute Gasteiger partial charge is 0.326 e. The van der Waals surface area contributed by atoms with Crippen molar-refractivity contribution in [2.75, 3.05) is 10.6 Å². The van der Waals surface area contributed by atoms with Gasteiger partial charge in [0.1, 0.15) is 10.0 Å². The lowest BCUT2D eigenvalue weighted by atomic mass is 9.82. The van der Waals surface area contributed by atoms with E-state index in [1.165, 1.54) is 22.7 Å². The lowest BCUT2D eigenvalue weighted by Crippen LogP contribution is -2.14. The predicted octanol–water partition coefficient (Wildman–Crippen LogP) is 4.96. The van der Waals surface area contributed by atoms with E-state index in [0.717, 1.165) is 58.0 Å². The Hall–Kier alpha value is -3.54. The van der Waals surface area contributed by atoms with Crippen molar-refractivity contribution in [2.24, 2.45) is 5.73 Å². The van der Waals surface area contributed by atoms with E-state index in [-0.39, 0.29) is 30.1 Å². The van der Waals surface area contributed by atoms with Crippen LogP contribution >= 0.6 is 22.7 Å². The molecule has 11 heteroatoms. The summed E-state index contributed by atoms with van der Waals surface area (Å²) in [5, 5.41) is 25.9. The van der Waals surface area contributed by atoms with Crippen molar-refractivity contribution in [3.05, 3.63) is 80.8 Å². The molecule has 1 saturated carbocycles. The van der Waals surface area contributed by atoms with Gasteiger partial charge in [-0.25, -0.2) is 0 Å². The minimum Gasteiger partial charge on any atom is -0.326 e. The van der Waals surface area contributed by atoms with Crippen molar-refractivity contribution >= 4 is 44.8 Å². The number of carbonyl (C=O) groups is 2. The SMILES string of the molecule is Cc1cccc(CC(=O)Nc2nnc([C@H]3CCC[C@H](c4nnc(NC(=O)Cc5cccc(CN)c5)s4)C3)s2)c1. The fraction of sp³-hybridized carbons (Fsp3) is 0.357. The molecule has 0 unspecified atom stereocenters. The molecule has 5 rings (SSSR count). The Morgan fingerprint density at radius 1 is 0.821 bits per heavy atom. The highest BCUT2D eigenvalue weighted by molar-refractivity contribution is 7.15.